The summed E-state index contributed by atoms with van der Waals surface area (Å²) in [6.45, 7) is 3.24. The number of piperidine rings is 1. The number of amides is 1. The van der Waals surface area contributed by atoms with Crippen LogP contribution in [0, 0.1) is 18.6 Å². The van der Waals surface area contributed by atoms with E-state index in [0.29, 0.717) is 61.7 Å². The number of aromatic nitrogens is 4. The molecule has 10 nitrogen and oxygen atoms in total. The summed E-state index contributed by atoms with van der Waals surface area (Å²) in [6, 6.07) is 1.93. The van der Waals surface area contributed by atoms with Crippen LogP contribution in [0.4, 0.5) is 29.5 Å². The minimum Gasteiger partial charge on any atom is -0.339 e. The minimum atomic E-state index is -2.80. The lowest BCUT2D eigenvalue weighted by Crippen LogP contribution is -2.45. The smallest absolute Gasteiger partial charge is 0.324 e. The number of nitrogens with two attached hydrogens (primary N) is 1. The molecule has 2 aliphatic heterocycles. The zero-order valence-electron chi connectivity index (χ0n) is 21.4. The van der Waals surface area contributed by atoms with Gasteiger partial charge in [0, 0.05) is 69.7 Å². The largest absolute Gasteiger partial charge is 0.339 e. The fourth-order valence-corrected chi connectivity index (χ4v) is 5.14. The third-order valence-electron chi connectivity index (χ3n) is 7.44. The Morgan fingerprint density at radius 1 is 1.10 bits per heavy atom. The molecule has 0 bridgehead atoms. The van der Waals surface area contributed by atoms with Crippen molar-refractivity contribution in [3.63, 3.8) is 0 Å². The van der Waals surface area contributed by atoms with Crippen LogP contribution < -0.4 is 15.5 Å². The van der Waals surface area contributed by atoms with E-state index in [2.05, 4.69) is 20.1 Å². The van der Waals surface area contributed by atoms with Crippen LogP contribution in [0.5, 0.6) is 0 Å². The van der Waals surface area contributed by atoms with Crippen molar-refractivity contribution in [1.82, 2.24) is 25.0 Å². The molecule has 0 aliphatic carbocycles. The summed E-state index contributed by atoms with van der Waals surface area (Å²) in [6.07, 6.45) is 1.26. The number of aryl methyl sites for hydroxylation is 1. The number of carbonyl (C=O) groups is 1. The van der Waals surface area contributed by atoms with Gasteiger partial charge in [0.1, 0.15) is 11.6 Å². The fourth-order valence-electron chi connectivity index (χ4n) is 5.14. The van der Waals surface area contributed by atoms with Crippen molar-refractivity contribution in [2.75, 3.05) is 43.0 Å². The molecule has 39 heavy (non-hydrogen) atoms. The Labute approximate surface area is 221 Å². The van der Waals surface area contributed by atoms with Gasteiger partial charge in [0.25, 0.3) is 5.91 Å². The summed E-state index contributed by atoms with van der Waals surface area (Å²) in [4.78, 5) is 30.7. The van der Waals surface area contributed by atoms with Crippen LogP contribution in [0.3, 0.4) is 0 Å². The first-order valence-corrected chi connectivity index (χ1v) is 12.5. The Morgan fingerprint density at radius 3 is 2.44 bits per heavy atom. The lowest BCUT2D eigenvalue weighted by atomic mass is 9.93. The first kappa shape index (κ1) is 26.8. The number of halogens is 4. The topological polar surface area (TPSA) is 118 Å². The van der Waals surface area contributed by atoms with Gasteiger partial charge in [0.05, 0.1) is 5.56 Å². The van der Waals surface area contributed by atoms with Crippen LogP contribution in [0.2, 0.25) is 0 Å². The third-order valence-corrected chi connectivity index (χ3v) is 7.44. The molecule has 0 unspecified atom stereocenters. The van der Waals surface area contributed by atoms with Crippen molar-refractivity contribution >= 4 is 17.9 Å². The molecule has 0 spiro atoms. The normalized spacial score (nSPS) is 20.2. The van der Waals surface area contributed by atoms with E-state index in [-0.39, 0.29) is 23.9 Å². The summed E-state index contributed by atoms with van der Waals surface area (Å²) >= 11 is 0. The highest BCUT2D eigenvalue weighted by molar-refractivity contribution is 5.93. The number of nitrogens with zero attached hydrogens (tertiary/aromatic N) is 7. The van der Waals surface area contributed by atoms with Gasteiger partial charge in [-0.05, 0) is 37.0 Å². The Hall–Kier alpha value is -3.81. The quantitative estimate of drug-likeness (QED) is 0.464. The van der Waals surface area contributed by atoms with Crippen LogP contribution in [0.25, 0.3) is 0 Å². The van der Waals surface area contributed by atoms with Gasteiger partial charge < -0.3 is 25.0 Å². The lowest BCUT2D eigenvalue weighted by molar-refractivity contribution is 0.0707. The Balaban J connectivity index is 1.19. The van der Waals surface area contributed by atoms with E-state index < -0.39 is 29.9 Å². The predicted molar refractivity (Wildman–Crippen MR) is 133 cm³/mol. The molecule has 4 heterocycles. The summed E-state index contributed by atoms with van der Waals surface area (Å²) in [5.74, 6) is -2.13. The molecule has 2 aromatic heterocycles. The minimum absolute atomic E-state index is 0.0443. The lowest BCUT2D eigenvalue weighted by Gasteiger charge is -2.35. The average Bonchev–Trinajstić information content (AvgIpc) is 3.58. The van der Waals surface area contributed by atoms with E-state index in [1.54, 1.807) is 23.8 Å². The average molecular weight is 549 g/mol. The first-order chi connectivity index (χ1) is 18.6. The first-order valence-electron chi connectivity index (χ1n) is 12.5. The number of alkyl halides is 2. The number of hydrogen-bond donors (Lipinski definition) is 1. The van der Waals surface area contributed by atoms with E-state index in [1.165, 1.54) is 18.5 Å². The van der Waals surface area contributed by atoms with Gasteiger partial charge in [0.2, 0.25) is 11.8 Å². The number of rotatable bonds is 6. The van der Waals surface area contributed by atoms with E-state index >= 15 is 0 Å². The second-order valence-corrected chi connectivity index (χ2v) is 9.94. The Morgan fingerprint density at radius 2 is 1.79 bits per heavy atom. The molecule has 0 radical (unpaired) electrons. The van der Waals surface area contributed by atoms with Crippen LogP contribution in [0.15, 0.2) is 29.0 Å². The third kappa shape index (κ3) is 5.37. The fraction of sp³-hybridized carbons (Fsp3) is 0.480. The van der Waals surface area contributed by atoms with Gasteiger partial charge in [-0.1, -0.05) is 5.16 Å². The van der Waals surface area contributed by atoms with Crippen LogP contribution in [-0.2, 0) is 0 Å². The summed E-state index contributed by atoms with van der Waals surface area (Å²) in [5.41, 5.74) is 7.30. The maximum atomic E-state index is 14.5. The SMILES string of the molecule is Cc1cc([C@H]2CN(c3ncc(C(=O)N(C)C4CCN(c5nc(C(F)F)no5)CC4)cn3)C[C@@H]2N)c(F)cc1F. The second-order valence-electron chi connectivity index (χ2n) is 9.94. The summed E-state index contributed by atoms with van der Waals surface area (Å²) in [5, 5.41) is 3.29. The molecule has 2 aliphatic rings. The highest BCUT2D eigenvalue weighted by Crippen LogP contribution is 2.32. The van der Waals surface area contributed by atoms with Crippen molar-refractivity contribution < 1.29 is 26.9 Å². The van der Waals surface area contributed by atoms with E-state index in [9.17, 15) is 22.4 Å². The van der Waals surface area contributed by atoms with Gasteiger partial charge in [-0.15, -0.1) is 0 Å². The van der Waals surface area contributed by atoms with E-state index in [1.807, 2.05) is 4.90 Å². The monoisotopic (exact) mass is 548 g/mol. The molecule has 1 aromatic carbocycles. The molecule has 1 amide bonds. The summed E-state index contributed by atoms with van der Waals surface area (Å²) in [7, 11) is 1.70. The highest BCUT2D eigenvalue weighted by atomic mass is 19.3. The highest BCUT2D eigenvalue weighted by Gasteiger charge is 2.35. The van der Waals surface area contributed by atoms with Crippen molar-refractivity contribution in [2.45, 2.75) is 44.2 Å². The van der Waals surface area contributed by atoms with Crippen LogP contribution >= 0.6 is 0 Å². The summed E-state index contributed by atoms with van der Waals surface area (Å²) < 4.78 is 58.6. The van der Waals surface area contributed by atoms with E-state index in [4.69, 9.17) is 10.3 Å². The molecule has 2 N–H and O–H groups in total. The second kappa shape index (κ2) is 10.8. The van der Waals surface area contributed by atoms with Crippen molar-refractivity contribution in [3.8, 4) is 0 Å². The number of benzene rings is 1. The molecular weight excluding hydrogens is 520 g/mol. The maximum absolute atomic E-state index is 14.5. The van der Waals surface area contributed by atoms with Gasteiger partial charge in [-0.2, -0.15) is 4.98 Å². The molecule has 14 heteroatoms. The Kier molecular flexibility index (Phi) is 7.38. The predicted octanol–water partition coefficient (Wildman–Crippen LogP) is 3.06. The maximum Gasteiger partial charge on any atom is 0.324 e. The van der Waals surface area contributed by atoms with Crippen molar-refractivity contribution in [2.24, 2.45) is 5.73 Å². The van der Waals surface area contributed by atoms with Gasteiger partial charge >= 0.3 is 12.4 Å². The van der Waals surface area contributed by atoms with E-state index in [0.717, 1.165) is 6.07 Å². The standard InChI is InChI=1S/C25H28F4N8O2/c1-13-7-16(19(27)8-18(13)26)17-11-37(12-20(17)30)24-31-9-14(10-32-24)23(38)35(2)15-3-5-36(6-4-15)25-33-22(21(28)29)34-39-25/h7-10,15,17,20-21H,3-6,11-12,30H2,1-2H3/t17-,20+/m1/s1. The number of carbonyl (C=O) groups excluding carboxylic acids is 1. The molecule has 208 valence electrons. The molecule has 0 saturated carbocycles. The molecule has 2 atom stereocenters. The van der Waals surface area contributed by atoms with Crippen molar-refractivity contribution in [1.29, 1.82) is 0 Å². The van der Waals surface area contributed by atoms with Crippen LogP contribution in [0.1, 0.15) is 52.5 Å². The molecule has 3 aromatic rings. The van der Waals surface area contributed by atoms with Crippen LogP contribution in [-0.4, -0.2) is 76.2 Å². The zero-order chi connectivity index (χ0) is 27.8. The Bertz CT molecular complexity index is 1330. The van der Waals surface area contributed by atoms with Gasteiger partial charge in [0.15, 0.2) is 0 Å². The molecular formula is C25H28F4N8O2. The number of hydrogen-bond acceptors (Lipinski definition) is 9. The molecule has 5 rings (SSSR count). The number of anilines is 2. The molecule has 2 fully saturated rings. The zero-order valence-corrected chi connectivity index (χ0v) is 21.4. The van der Waals surface area contributed by atoms with Gasteiger partial charge in [-0.3, -0.25) is 4.79 Å². The van der Waals surface area contributed by atoms with Gasteiger partial charge in [-0.25, -0.2) is 27.5 Å². The molecule has 2 saturated heterocycles. The van der Waals surface area contributed by atoms with Crippen molar-refractivity contribution in [3.05, 3.63) is 58.7 Å².